The summed E-state index contributed by atoms with van der Waals surface area (Å²) in [5.74, 6) is 0.665. The molecule has 0 bridgehead atoms. The number of anilines is 2. The standard InChI is InChI=1S/C16H22N2O2/c1-12(19)17-14-7-4-8-15(11-14)18-16(20)10-9-13-5-2-3-6-13/h4,7-8,11,13H,2-3,5-6,9-10H2,1H3,(H,17,19)(H,18,20). The predicted octanol–water partition coefficient (Wildman–Crippen LogP) is 3.55. The highest BCUT2D eigenvalue weighted by Gasteiger charge is 2.16. The Morgan fingerprint density at radius 3 is 2.45 bits per heavy atom. The van der Waals surface area contributed by atoms with Gasteiger partial charge in [0.05, 0.1) is 0 Å². The minimum absolute atomic E-state index is 0.0527. The van der Waals surface area contributed by atoms with E-state index in [1.54, 1.807) is 12.1 Å². The topological polar surface area (TPSA) is 58.2 Å². The molecule has 0 atom stereocenters. The molecule has 20 heavy (non-hydrogen) atoms. The van der Waals surface area contributed by atoms with Gasteiger partial charge in [-0.2, -0.15) is 0 Å². The second-order valence-electron chi connectivity index (χ2n) is 5.50. The maximum Gasteiger partial charge on any atom is 0.224 e. The van der Waals surface area contributed by atoms with Crippen molar-refractivity contribution in [1.29, 1.82) is 0 Å². The summed E-state index contributed by atoms with van der Waals surface area (Å²) in [5, 5.41) is 5.59. The van der Waals surface area contributed by atoms with Crippen LogP contribution in [-0.2, 0) is 9.59 Å². The summed E-state index contributed by atoms with van der Waals surface area (Å²) < 4.78 is 0. The summed E-state index contributed by atoms with van der Waals surface area (Å²) in [6.45, 7) is 1.47. The van der Waals surface area contributed by atoms with Crippen LogP contribution in [0.4, 0.5) is 11.4 Å². The molecule has 1 aliphatic carbocycles. The van der Waals surface area contributed by atoms with E-state index in [0.29, 0.717) is 12.1 Å². The molecule has 2 rings (SSSR count). The van der Waals surface area contributed by atoms with Gasteiger partial charge in [0.1, 0.15) is 0 Å². The monoisotopic (exact) mass is 274 g/mol. The summed E-state index contributed by atoms with van der Waals surface area (Å²) in [5.41, 5.74) is 1.43. The van der Waals surface area contributed by atoms with Crippen LogP contribution < -0.4 is 10.6 Å². The van der Waals surface area contributed by atoms with Crippen molar-refractivity contribution in [2.24, 2.45) is 5.92 Å². The molecule has 2 amide bonds. The second kappa shape index (κ2) is 7.08. The molecule has 0 radical (unpaired) electrons. The van der Waals surface area contributed by atoms with E-state index in [1.165, 1.54) is 32.6 Å². The highest BCUT2D eigenvalue weighted by Crippen LogP contribution is 2.28. The van der Waals surface area contributed by atoms with Gasteiger partial charge in [-0.25, -0.2) is 0 Å². The first-order valence-electron chi connectivity index (χ1n) is 7.31. The summed E-state index contributed by atoms with van der Waals surface area (Å²) >= 11 is 0. The van der Waals surface area contributed by atoms with Crippen molar-refractivity contribution in [1.82, 2.24) is 0 Å². The van der Waals surface area contributed by atoms with Gasteiger partial charge in [0.2, 0.25) is 11.8 Å². The maximum absolute atomic E-state index is 11.9. The average molecular weight is 274 g/mol. The van der Waals surface area contributed by atoms with E-state index in [4.69, 9.17) is 0 Å². The molecule has 1 aromatic rings. The van der Waals surface area contributed by atoms with Crippen LogP contribution in [0.5, 0.6) is 0 Å². The van der Waals surface area contributed by atoms with Gasteiger partial charge in [0.25, 0.3) is 0 Å². The highest BCUT2D eigenvalue weighted by atomic mass is 16.2. The first-order valence-corrected chi connectivity index (χ1v) is 7.31. The van der Waals surface area contributed by atoms with Crippen molar-refractivity contribution in [2.45, 2.75) is 45.4 Å². The summed E-state index contributed by atoms with van der Waals surface area (Å²) in [6, 6.07) is 7.22. The minimum Gasteiger partial charge on any atom is -0.326 e. The van der Waals surface area contributed by atoms with Gasteiger partial charge in [-0.3, -0.25) is 9.59 Å². The average Bonchev–Trinajstić information content (AvgIpc) is 2.89. The van der Waals surface area contributed by atoms with Crippen LogP contribution in [-0.4, -0.2) is 11.8 Å². The number of carbonyl (C=O) groups excluding carboxylic acids is 2. The third-order valence-electron chi connectivity index (χ3n) is 3.72. The van der Waals surface area contributed by atoms with Crippen molar-refractivity contribution in [3.63, 3.8) is 0 Å². The van der Waals surface area contributed by atoms with Crippen molar-refractivity contribution in [3.8, 4) is 0 Å². The van der Waals surface area contributed by atoms with Crippen molar-refractivity contribution in [2.75, 3.05) is 10.6 Å². The molecule has 1 aliphatic rings. The zero-order valence-corrected chi connectivity index (χ0v) is 11.9. The lowest BCUT2D eigenvalue weighted by Gasteiger charge is -2.10. The fourth-order valence-electron chi connectivity index (χ4n) is 2.74. The van der Waals surface area contributed by atoms with Crippen LogP contribution in [0, 0.1) is 5.92 Å². The Hall–Kier alpha value is -1.84. The van der Waals surface area contributed by atoms with E-state index < -0.39 is 0 Å². The van der Waals surface area contributed by atoms with Gasteiger partial charge in [-0.1, -0.05) is 31.7 Å². The van der Waals surface area contributed by atoms with Crippen LogP contribution in [0.25, 0.3) is 0 Å². The number of hydrogen-bond donors (Lipinski definition) is 2. The summed E-state index contributed by atoms with van der Waals surface area (Å²) in [6.07, 6.45) is 6.72. The molecule has 1 saturated carbocycles. The lowest BCUT2D eigenvalue weighted by atomic mass is 10.0. The molecular weight excluding hydrogens is 252 g/mol. The number of rotatable bonds is 5. The highest BCUT2D eigenvalue weighted by molar-refractivity contribution is 5.93. The van der Waals surface area contributed by atoms with E-state index in [-0.39, 0.29) is 11.8 Å². The molecule has 4 heteroatoms. The predicted molar refractivity (Wildman–Crippen MR) is 80.6 cm³/mol. The van der Waals surface area contributed by atoms with Crippen LogP contribution in [0.2, 0.25) is 0 Å². The molecule has 0 spiro atoms. The van der Waals surface area contributed by atoms with Gasteiger partial charge < -0.3 is 10.6 Å². The van der Waals surface area contributed by atoms with E-state index in [0.717, 1.165) is 18.0 Å². The van der Waals surface area contributed by atoms with Crippen LogP contribution in [0.15, 0.2) is 24.3 Å². The van der Waals surface area contributed by atoms with Gasteiger partial charge in [-0.05, 0) is 30.5 Å². The maximum atomic E-state index is 11.9. The first-order chi connectivity index (χ1) is 9.63. The zero-order chi connectivity index (χ0) is 14.4. The molecule has 0 heterocycles. The van der Waals surface area contributed by atoms with Crippen LogP contribution in [0.1, 0.15) is 45.4 Å². The Labute approximate surface area is 119 Å². The van der Waals surface area contributed by atoms with Gasteiger partial charge in [0.15, 0.2) is 0 Å². The molecule has 4 nitrogen and oxygen atoms in total. The van der Waals surface area contributed by atoms with E-state index in [1.807, 2.05) is 12.1 Å². The third-order valence-corrected chi connectivity index (χ3v) is 3.72. The van der Waals surface area contributed by atoms with Crippen molar-refractivity contribution in [3.05, 3.63) is 24.3 Å². The molecule has 1 aromatic carbocycles. The molecule has 0 unspecified atom stereocenters. The Morgan fingerprint density at radius 2 is 1.80 bits per heavy atom. The van der Waals surface area contributed by atoms with E-state index in [9.17, 15) is 9.59 Å². The van der Waals surface area contributed by atoms with Gasteiger partial charge in [0, 0.05) is 24.7 Å². The quantitative estimate of drug-likeness (QED) is 0.862. The zero-order valence-electron chi connectivity index (χ0n) is 11.9. The van der Waals surface area contributed by atoms with Gasteiger partial charge >= 0.3 is 0 Å². The number of carbonyl (C=O) groups is 2. The molecule has 2 N–H and O–H groups in total. The summed E-state index contributed by atoms with van der Waals surface area (Å²) in [4.78, 5) is 22.9. The Bertz CT molecular complexity index is 479. The van der Waals surface area contributed by atoms with Crippen molar-refractivity contribution >= 4 is 23.2 Å². The fraction of sp³-hybridized carbons (Fsp3) is 0.500. The lowest BCUT2D eigenvalue weighted by molar-refractivity contribution is -0.116. The minimum atomic E-state index is -0.116. The number of benzene rings is 1. The number of hydrogen-bond acceptors (Lipinski definition) is 2. The SMILES string of the molecule is CC(=O)Nc1cccc(NC(=O)CCC2CCCC2)c1. The normalized spacial score (nSPS) is 15.1. The molecular formula is C16H22N2O2. The molecule has 1 fully saturated rings. The molecule has 0 saturated heterocycles. The van der Waals surface area contributed by atoms with Crippen LogP contribution >= 0.6 is 0 Å². The Balaban J connectivity index is 1.82. The summed E-state index contributed by atoms with van der Waals surface area (Å²) in [7, 11) is 0. The number of amides is 2. The van der Waals surface area contributed by atoms with Gasteiger partial charge in [-0.15, -0.1) is 0 Å². The lowest BCUT2D eigenvalue weighted by Crippen LogP contribution is -2.13. The molecule has 108 valence electrons. The van der Waals surface area contributed by atoms with Crippen molar-refractivity contribution < 1.29 is 9.59 Å². The van der Waals surface area contributed by atoms with E-state index in [2.05, 4.69) is 10.6 Å². The smallest absolute Gasteiger partial charge is 0.224 e. The van der Waals surface area contributed by atoms with Crippen LogP contribution in [0.3, 0.4) is 0 Å². The fourth-order valence-corrected chi connectivity index (χ4v) is 2.74. The molecule has 0 aliphatic heterocycles. The largest absolute Gasteiger partial charge is 0.326 e. The Morgan fingerprint density at radius 1 is 1.15 bits per heavy atom. The number of nitrogens with one attached hydrogen (secondary N) is 2. The third kappa shape index (κ3) is 4.68. The Kier molecular flexibility index (Phi) is 5.16. The second-order valence-corrected chi connectivity index (χ2v) is 5.50. The molecule has 0 aromatic heterocycles. The first kappa shape index (κ1) is 14.6. The van der Waals surface area contributed by atoms with E-state index >= 15 is 0 Å².